The van der Waals surface area contributed by atoms with Crippen molar-refractivity contribution in [1.82, 2.24) is 15.1 Å². The summed E-state index contributed by atoms with van der Waals surface area (Å²) < 4.78 is 7.25. The van der Waals surface area contributed by atoms with E-state index >= 15 is 0 Å². The molecule has 0 fully saturated rings. The van der Waals surface area contributed by atoms with Crippen molar-refractivity contribution < 1.29 is 4.74 Å². The van der Waals surface area contributed by atoms with Crippen LogP contribution in [0.1, 0.15) is 38.4 Å². The van der Waals surface area contributed by atoms with Gasteiger partial charge in [-0.05, 0) is 19.4 Å². The molecular weight excluding hydrogens is 202 g/mol. The molecule has 0 bridgehead atoms. The van der Waals surface area contributed by atoms with Crippen LogP contribution in [0.5, 0.6) is 5.75 Å². The molecule has 0 aliphatic carbocycles. The quantitative estimate of drug-likeness (QED) is 0.806. The van der Waals surface area contributed by atoms with E-state index in [0.717, 1.165) is 11.4 Å². The van der Waals surface area contributed by atoms with Gasteiger partial charge in [-0.1, -0.05) is 20.3 Å². The van der Waals surface area contributed by atoms with Gasteiger partial charge in [-0.15, -0.1) is 0 Å². The van der Waals surface area contributed by atoms with Crippen LogP contribution in [0.4, 0.5) is 0 Å². The molecule has 0 saturated heterocycles. The Morgan fingerprint density at radius 2 is 2.25 bits per heavy atom. The number of nitrogens with one attached hydrogen (secondary N) is 1. The summed E-state index contributed by atoms with van der Waals surface area (Å²) in [6, 6.07) is 0.294. The summed E-state index contributed by atoms with van der Waals surface area (Å²) in [6.07, 6.45) is 4.16. The molecule has 1 rings (SSSR count). The van der Waals surface area contributed by atoms with E-state index in [4.69, 9.17) is 4.74 Å². The molecule has 4 heteroatoms. The number of aromatic nitrogens is 2. The van der Waals surface area contributed by atoms with Gasteiger partial charge in [0.15, 0.2) is 5.75 Å². The second kappa shape index (κ2) is 5.89. The Morgan fingerprint density at radius 1 is 1.56 bits per heavy atom. The molecule has 1 heterocycles. The number of nitrogens with zero attached hydrogens (tertiary/aromatic N) is 2. The molecule has 2 atom stereocenters. The van der Waals surface area contributed by atoms with Gasteiger partial charge in [-0.3, -0.25) is 4.68 Å². The number of methoxy groups -OCH3 is 1. The summed E-state index contributed by atoms with van der Waals surface area (Å²) in [6.45, 7) is 4.47. The summed E-state index contributed by atoms with van der Waals surface area (Å²) in [7, 11) is 5.64. The molecule has 0 aliphatic rings. The number of rotatable bonds is 6. The first-order valence-corrected chi connectivity index (χ1v) is 5.88. The van der Waals surface area contributed by atoms with E-state index in [9.17, 15) is 0 Å². The lowest BCUT2D eigenvalue weighted by Crippen LogP contribution is -2.26. The minimum absolute atomic E-state index is 0.294. The highest BCUT2D eigenvalue weighted by Gasteiger charge is 2.23. The van der Waals surface area contributed by atoms with Crippen LogP contribution >= 0.6 is 0 Å². The maximum absolute atomic E-state index is 5.35. The molecule has 0 saturated carbocycles. The maximum atomic E-state index is 5.35. The second-order valence-corrected chi connectivity index (χ2v) is 4.25. The highest BCUT2D eigenvalue weighted by molar-refractivity contribution is 5.28. The zero-order valence-electron chi connectivity index (χ0n) is 10.9. The number of hydrogen-bond donors (Lipinski definition) is 1. The third-order valence-corrected chi connectivity index (χ3v) is 3.09. The van der Waals surface area contributed by atoms with Crippen molar-refractivity contribution in [2.75, 3.05) is 14.2 Å². The smallest absolute Gasteiger partial charge is 0.161 e. The standard InChI is InChI=1S/C12H23N3O/c1-6-7-9(2)11(13-3)12-10(16-5)8-14-15(12)4/h8-9,11,13H,6-7H2,1-5H3. The van der Waals surface area contributed by atoms with Gasteiger partial charge < -0.3 is 10.1 Å². The zero-order chi connectivity index (χ0) is 12.1. The molecule has 0 radical (unpaired) electrons. The Hall–Kier alpha value is -1.03. The fraction of sp³-hybridized carbons (Fsp3) is 0.750. The van der Waals surface area contributed by atoms with Gasteiger partial charge in [-0.25, -0.2) is 0 Å². The predicted octanol–water partition coefficient (Wildman–Crippen LogP) is 2.13. The van der Waals surface area contributed by atoms with Crippen molar-refractivity contribution in [3.05, 3.63) is 11.9 Å². The van der Waals surface area contributed by atoms with Crippen molar-refractivity contribution in [3.63, 3.8) is 0 Å². The zero-order valence-corrected chi connectivity index (χ0v) is 10.9. The molecule has 4 nitrogen and oxygen atoms in total. The fourth-order valence-electron chi connectivity index (χ4n) is 2.25. The highest BCUT2D eigenvalue weighted by atomic mass is 16.5. The summed E-state index contributed by atoms with van der Waals surface area (Å²) >= 11 is 0. The molecule has 0 amide bonds. The van der Waals surface area contributed by atoms with E-state index in [0.29, 0.717) is 12.0 Å². The Bertz CT molecular complexity index is 322. The van der Waals surface area contributed by atoms with Crippen LogP contribution in [0.3, 0.4) is 0 Å². The van der Waals surface area contributed by atoms with Gasteiger partial charge in [0.1, 0.15) is 0 Å². The molecule has 0 aliphatic heterocycles. The Kier molecular flexibility index (Phi) is 4.80. The molecule has 16 heavy (non-hydrogen) atoms. The van der Waals surface area contributed by atoms with Gasteiger partial charge >= 0.3 is 0 Å². The first-order chi connectivity index (χ1) is 7.65. The molecule has 1 aromatic heterocycles. The van der Waals surface area contributed by atoms with E-state index in [1.807, 2.05) is 18.8 Å². The van der Waals surface area contributed by atoms with Crippen LogP contribution in [0, 0.1) is 5.92 Å². The maximum Gasteiger partial charge on any atom is 0.161 e. The Morgan fingerprint density at radius 3 is 2.75 bits per heavy atom. The molecule has 0 spiro atoms. The number of hydrogen-bond acceptors (Lipinski definition) is 3. The van der Waals surface area contributed by atoms with Crippen molar-refractivity contribution in [2.24, 2.45) is 13.0 Å². The fourth-order valence-corrected chi connectivity index (χ4v) is 2.25. The minimum Gasteiger partial charge on any atom is -0.493 e. The largest absolute Gasteiger partial charge is 0.493 e. The number of aryl methyl sites for hydroxylation is 1. The van der Waals surface area contributed by atoms with Gasteiger partial charge in [-0.2, -0.15) is 5.10 Å². The predicted molar refractivity (Wildman–Crippen MR) is 65.6 cm³/mol. The van der Waals surface area contributed by atoms with Gasteiger partial charge in [0, 0.05) is 7.05 Å². The average Bonchev–Trinajstić information content (AvgIpc) is 2.62. The van der Waals surface area contributed by atoms with Crippen molar-refractivity contribution in [2.45, 2.75) is 32.7 Å². The Balaban J connectivity index is 2.97. The van der Waals surface area contributed by atoms with Crippen LogP contribution in [0.2, 0.25) is 0 Å². The van der Waals surface area contributed by atoms with Crippen LogP contribution in [0.15, 0.2) is 6.20 Å². The second-order valence-electron chi connectivity index (χ2n) is 4.25. The van der Waals surface area contributed by atoms with E-state index in [1.165, 1.54) is 12.8 Å². The van der Waals surface area contributed by atoms with E-state index in [-0.39, 0.29) is 0 Å². The lowest BCUT2D eigenvalue weighted by atomic mass is 9.94. The van der Waals surface area contributed by atoms with E-state index < -0.39 is 0 Å². The Labute approximate surface area is 98.0 Å². The van der Waals surface area contributed by atoms with Crippen LogP contribution in [-0.2, 0) is 7.05 Å². The lowest BCUT2D eigenvalue weighted by Gasteiger charge is -2.24. The third kappa shape index (κ3) is 2.55. The third-order valence-electron chi connectivity index (χ3n) is 3.09. The summed E-state index contributed by atoms with van der Waals surface area (Å²) in [4.78, 5) is 0. The average molecular weight is 225 g/mol. The van der Waals surface area contributed by atoms with Crippen LogP contribution in [0.25, 0.3) is 0 Å². The summed E-state index contributed by atoms with van der Waals surface area (Å²) in [5.74, 6) is 1.43. The van der Waals surface area contributed by atoms with Crippen molar-refractivity contribution in [1.29, 1.82) is 0 Å². The van der Waals surface area contributed by atoms with Crippen LogP contribution in [-0.4, -0.2) is 23.9 Å². The molecule has 1 aromatic rings. The summed E-state index contributed by atoms with van der Waals surface area (Å²) in [5, 5.41) is 7.61. The topological polar surface area (TPSA) is 39.1 Å². The molecule has 1 N–H and O–H groups in total. The van der Waals surface area contributed by atoms with Gasteiger partial charge in [0.2, 0.25) is 0 Å². The van der Waals surface area contributed by atoms with Crippen molar-refractivity contribution in [3.8, 4) is 5.75 Å². The van der Waals surface area contributed by atoms with E-state index in [1.54, 1.807) is 13.3 Å². The SMILES string of the molecule is CCCC(C)C(NC)c1c(OC)cnn1C. The monoisotopic (exact) mass is 225 g/mol. The molecule has 92 valence electrons. The normalized spacial score (nSPS) is 14.8. The molecule has 0 aromatic carbocycles. The highest BCUT2D eigenvalue weighted by Crippen LogP contribution is 2.31. The summed E-state index contributed by atoms with van der Waals surface area (Å²) in [5.41, 5.74) is 1.13. The van der Waals surface area contributed by atoms with Gasteiger partial charge in [0.05, 0.1) is 25.0 Å². The first kappa shape index (κ1) is 13.0. The van der Waals surface area contributed by atoms with Crippen molar-refractivity contribution >= 4 is 0 Å². The lowest BCUT2D eigenvalue weighted by molar-refractivity contribution is 0.343. The minimum atomic E-state index is 0.294. The molecular formula is C12H23N3O. The van der Waals surface area contributed by atoms with E-state index in [2.05, 4.69) is 24.3 Å². The van der Waals surface area contributed by atoms with Gasteiger partial charge in [0.25, 0.3) is 0 Å². The number of ether oxygens (including phenoxy) is 1. The van der Waals surface area contributed by atoms with Crippen LogP contribution < -0.4 is 10.1 Å². The first-order valence-electron chi connectivity index (χ1n) is 5.88. The molecule has 2 unspecified atom stereocenters.